The second-order valence-corrected chi connectivity index (χ2v) is 4.25. The summed E-state index contributed by atoms with van der Waals surface area (Å²) in [6.45, 7) is 0.853. The van der Waals surface area contributed by atoms with Gasteiger partial charge in [-0.2, -0.15) is 0 Å². The Kier molecular flexibility index (Phi) is 3.17. The van der Waals surface area contributed by atoms with E-state index in [9.17, 15) is 14.3 Å². The van der Waals surface area contributed by atoms with Crippen molar-refractivity contribution >= 4 is 6.09 Å². The molecule has 0 atom stereocenters. The number of likely N-dealkylation sites (tertiary alicyclic amines) is 1. The predicted molar refractivity (Wildman–Crippen MR) is 59.6 cm³/mol. The van der Waals surface area contributed by atoms with Crippen molar-refractivity contribution in [2.45, 2.75) is 18.8 Å². The number of phenolic OH excluding ortho intramolecular Hbond substituents is 1. The minimum absolute atomic E-state index is 0.0290. The molecule has 4 nitrogen and oxygen atoms in total. The van der Waals surface area contributed by atoms with Gasteiger partial charge in [0.25, 0.3) is 0 Å². The number of nitrogens with zero attached hydrogens (tertiary/aromatic N) is 1. The van der Waals surface area contributed by atoms with E-state index >= 15 is 0 Å². The fourth-order valence-electron chi connectivity index (χ4n) is 2.23. The average molecular weight is 239 g/mol. The number of phenols is 1. The van der Waals surface area contributed by atoms with Crippen LogP contribution in [0.15, 0.2) is 18.2 Å². The van der Waals surface area contributed by atoms with Gasteiger partial charge in [-0.05, 0) is 42.5 Å². The fraction of sp³-hybridized carbons (Fsp3) is 0.417. The number of carbonyl (C=O) groups is 1. The van der Waals surface area contributed by atoms with Crippen LogP contribution in [0, 0.1) is 5.82 Å². The molecule has 0 aromatic heterocycles. The lowest BCUT2D eigenvalue weighted by Gasteiger charge is -2.30. The predicted octanol–water partition coefficient (Wildman–Crippen LogP) is 2.39. The third kappa shape index (κ3) is 2.49. The van der Waals surface area contributed by atoms with E-state index in [0.717, 1.165) is 0 Å². The Bertz CT molecular complexity index is 428. The van der Waals surface area contributed by atoms with Crippen LogP contribution in [0.2, 0.25) is 0 Å². The van der Waals surface area contributed by atoms with Crippen molar-refractivity contribution < 1.29 is 19.4 Å². The first kappa shape index (κ1) is 11.7. The van der Waals surface area contributed by atoms with Gasteiger partial charge >= 0.3 is 6.09 Å². The molecule has 1 aromatic rings. The zero-order valence-corrected chi connectivity index (χ0v) is 9.27. The molecule has 1 saturated heterocycles. The maximum atomic E-state index is 13.1. The molecule has 0 spiro atoms. The third-order valence-corrected chi connectivity index (χ3v) is 3.19. The van der Waals surface area contributed by atoms with E-state index < -0.39 is 6.09 Å². The highest BCUT2D eigenvalue weighted by atomic mass is 19.1. The maximum absolute atomic E-state index is 13.1. The Morgan fingerprint density at radius 3 is 2.59 bits per heavy atom. The second-order valence-electron chi connectivity index (χ2n) is 4.25. The van der Waals surface area contributed by atoms with E-state index in [1.165, 1.54) is 23.1 Å². The molecule has 1 amide bonds. The van der Waals surface area contributed by atoms with Crippen LogP contribution in [0.4, 0.5) is 9.18 Å². The van der Waals surface area contributed by atoms with Crippen LogP contribution >= 0.6 is 0 Å². The summed E-state index contributed by atoms with van der Waals surface area (Å²) in [7, 11) is 0. The number of rotatable bonds is 1. The van der Waals surface area contributed by atoms with Gasteiger partial charge in [0.05, 0.1) is 0 Å². The second kappa shape index (κ2) is 4.61. The average Bonchev–Trinajstić information content (AvgIpc) is 2.32. The SMILES string of the molecule is O=C(O)N1CCC(c2cc(F)ccc2O)CC1. The standard InChI is InChI=1S/C12H14FNO3/c13-9-1-2-11(15)10(7-9)8-3-5-14(6-4-8)12(16)17/h1-2,7-8,15H,3-6H2,(H,16,17). The van der Waals surface area contributed by atoms with Crippen LogP contribution in [0.3, 0.4) is 0 Å². The van der Waals surface area contributed by atoms with Gasteiger partial charge in [-0.15, -0.1) is 0 Å². The van der Waals surface area contributed by atoms with Gasteiger partial charge in [0.15, 0.2) is 0 Å². The lowest BCUT2D eigenvalue weighted by Crippen LogP contribution is -2.36. The van der Waals surface area contributed by atoms with E-state index in [1.807, 2.05) is 0 Å². The summed E-state index contributed by atoms with van der Waals surface area (Å²) >= 11 is 0. The Balaban J connectivity index is 2.10. The largest absolute Gasteiger partial charge is 0.508 e. The highest BCUT2D eigenvalue weighted by Crippen LogP contribution is 2.33. The molecule has 1 aromatic carbocycles. The van der Waals surface area contributed by atoms with Crippen molar-refractivity contribution in [2.75, 3.05) is 13.1 Å². The minimum Gasteiger partial charge on any atom is -0.508 e. The summed E-state index contributed by atoms with van der Waals surface area (Å²) in [5.41, 5.74) is 0.579. The highest BCUT2D eigenvalue weighted by Gasteiger charge is 2.25. The first-order chi connectivity index (χ1) is 8.08. The monoisotopic (exact) mass is 239 g/mol. The van der Waals surface area contributed by atoms with Gasteiger partial charge < -0.3 is 15.1 Å². The van der Waals surface area contributed by atoms with E-state index in [4.69, 9.17) is 5.11 Å². The van der Waals surface area contributed by atoms with Gasteiger partial charge in [-0.3, -0.25) is 0 Å². The molecule has 1 aliphatic heterocycles. The van der Waals surface area contributed by atoms with Crippen LogP contribution in [-0.4, -0.2) is 34.3 Å². The van der Waals surface area contributed by atoms with Crippen LogP contribution < -0.4 is 0 Å². The number of benzene rings is 1. The molecule has 5 heteroatoms. The Morgan fingerprint density at radius 2 is 2.00 bits per heavy atom. The highest BCUT2D eigenvalue weighted by molar-refractivity contribution is 5.65. The number of aromatic hydroxyl groups is 1. The smallest absolute Gasteiger partial charge is 0.407 e. The Hall–Kier alpha value is -1.78. The molecule has 1 fully saturated rings. The van der Waals surface area contributed by atoms with Crippen LogP contribution in [0.5, 0.6) is 5.75 Å². The van der Waals surface area contributed by atoms with E-state index in [0.29, 0.717) is 31.5 Å². The molecule has 1 aliphatic rings. The molecule has 2 N–H and O–H groups in total. The summed E-state index contributed by atoms with van der Waals surface area (Å²) in [6, 6.07) is 3.88. The number of carboxylic acid groups (broad SMARTS) is 1. The van der Waals surface area contributed by atoms with E-state index in [2.05, 4.69) is 0 Å². The molecule has 0 bridgehead atoms. The van der Waals surface area contributed by atoms with E-state index in [1.54, 1.807) is 0 Å². The number of amides is 1. The number of hydrogen-bond acceptors (Lipinski definition) is 2. The molecule has 17 heavy (non-hydrogen) atoms. The molecule has 1 heterocycles. The first-order valence-corrected chi connectivity index (χ1v) is 5.54. The normalized spacial score (nSPS) is 17.1. The van der Waals surface area contributed by atoms with Gasteiger partial charge in [0.2, 0.25) is 0 Å². The summed E-state index contributed by atoms with van der Waals surface area (Å²) < 4.78 is 13.1. The zero-order chi connectivity index (χ0) is 12.4. The molecule has 92 valence electrons. The van der Waals surface area contributed by atoms with Gasteiger partial charge in [-0.25, -0.2) is 9.18 Å². The lowest BCUT2D eigenvalue weighted by molar-refractivity contribution is 0.132. The summed E-state index contributed by atoms with van der Waals surface area (Å²) in [6.07, 6.45) is 0.305. The van der Waals surface area contributed by atoms with Crippen molar-refractivity contribution in [2.24, 2.45) is 0 Å². The molecule has 0 aliphatic carbocycles. The molecular formula is C12H14FNO3. The molecule has 0 unspecified atom stereocenters. The van der Waals surface area contributed by atoms with Crippen molar-refractivity contribution in [3.05, 3.63) is 29.6 Å². The summed E-state index contributed by atoms with van der Waals surface area (Å²) in [4.78, 5) is 12.1. The summed E-state index contributed by atoms with van der Waals surface area (Å²) in [5.74, 6) is -0.264. The zero-order valence-electron chi connectivity index (χ0n) is 9.27. The van der Waals surface area contributed by atoms with Gasteiger partial charge in [0, 0.05) is 13.1 Å². The lowest BCUT2D eigenvalue weighted by atomic mass is 9.89. The van der Waals surface area contributed by atoms with Crippen LogP contribution in [0.1, 0.15) is 24.3 Å². The van der Waals surface area contributed by atoms with E-state index in [-0.39, 0.29) is 17.5 Å². The topological polar surface area (TPSA) is 60.8 Å². The number of piperidine rings is 1. The van der Waals surface area contributed by atoms with Crippen LogP contribution in [0.25, 0.3) is 0 Å². The van der Waals surface area contributed by atoms with Crippen molar-refractivity contribution in [3.63, 3.8) is 0 Å². The van der Waals surface area contributed by atoms with Crippen molar-refractivity contribution in [1.82, 2.24) is 4.90 Å². The quantitative estimate of drug-likeness (QED) is 0.791. The number of hydrogen-bond donors (Lipinski definition) is 2. The van der Waals surface area contributed by atoms with Crippen molar-refractivity contribution in [3.8, 4) is 5.75 Å². The van der Waals surface area contributed by atoms with Gasteiger partial charge in [-0.1, -0.05) is 0 Å². The minimum atomic E-state index is -0.924. The first-order valence-electron chi connectivity index (χ1n) is 5.54. The summed E-state index contributed by atoms with van der Waals surface area (Å²) in [5, 5.41) is 18.5. The molecule has 0 radical (unpaired) electrons. The van der Waals surface area contributed by atoms with Crippen LogP contribution in [-0.2, 0) is 0 Å². The molecule has 0 saturated carbocycles. The number of halogens is 1. The fourth-order valence-corrected chi connectivity index (χ4v) is 2.23. The van der Waals surface area contributed by atoms with Crippen molar-refractivity contribution in [1.29, 1.82) is 0 Å². The maximum Gasteiger partial charge on any atom is 0.407 e. The Labute approximate surface area is 98.3 Å². The Morgan fingerprint density at radius 1 is 1.35 bits per heavy atom. The third-order valence-electron chi connectivity index (χ3n) is 3.19. The molecular weight excluding hydrogens is 225 g/mol. The van der Waals surface area contributed by atoms with Gasteiger partial charge in [0.1, 0.15) is 11.6 Å². The molecule has 2 rings (SSSR count).